The second-order valence-electron chi connectivity index (χ2n) is 5.21. The lowest BCUT2D eigenvalue weighted by atomic mass is 10.2. The molecule has 2 N–H and O–H groups in total. The van der Waals surface area contributed by atoms with Gasteiger partial charge in [-0.05, 0) is 30.3 Å². The summed E-state index contributed by atoms with van der Waals surface area (Å²) in [6.07, 6.45) is 3.84. The molecule has 0 saturated heterocycles. The second kappa shape index (κ2) is 5.99. The van der Waals surface area contributed by atoms with Crippen LogP contribution < -0.4 is 5.32 Å². The van der Waals surface area contributed by atoms with E-state index in [1.54, 1.807) is 18.3 Å². The Hall–Kier alpha value is -3.42. The molecule has 3 aromatic heterocycles. The summed E-state index contributed by atoms with van der Waals surface area (Å²) < 4.78 is 10.3. The topological polar surface area (TPSA) is 110 Å². The molecular weight excluding hydrogens is 310 g/mol. The molecule has 4 aromatic rings. The Labute approximate surface area is 135 Å². The number of amides is 1. The molecule has 1 aromatic carbocycles. The second-order valence-corrected chi connectivity index (χ2v) is 5.21. The van der Waals surface area contributed by atoms with E-state index in [9.17, 15) is 4.79 Å². The van der Waals surface area contributed by atoms with Crippen LogP contribution >= 0.6 is 0 Å². The number of aromatic amines is 1. The molecule has 0 fully saturated rings. The van der Waals surface area contributed by atoms with Gasteiger partial charge in [0.15, 0.2) is 5.76 Å². The lowest BCUT2D eigenvalue weighted by molar-refractivity contribution is -0.116. The standard InChI is InChI=1S/C16H13N5O3/c22-14(18-11-3-4-12-10(8-11)9-17-20-12)5-6-15-19-16(21-24-15)13-2-1-7-23-13/h1-4,7-9H,5-6H2,(H,17,20)(H,18,22). The number of hydrogen-bond donors (Lipinski definition) is 2. The molecular formula is C16H13N5O3. The van der Waals surface area contributed by atoms with Crippen LogP contribution in [0.4, 0.5) is 5.69 Å². The average Bonchev–Trinajstić information content (AvgIpc) is 3.32. The van der Waals surface area contributed by atoms with Gasteiger partial charge in [0.25, 0.3) is 0 Å². The minimum absolute atomic E-state index is 0.129. The van der Waals surface area contributed by atoms with Crippen molar-refractivity contribution in [3.63, 3.8) is 0 Å². The van der Waals surface area contributed by atoms with Crippen LogP contribution in [0, 0.1) is 0 Å². The number of hydrogen-bond acceptors (Lipinski definition) is 6. The van der Waals surface area contributed by atoms with Crippen molar-refractivity contribution in [2.75, 3.05) is 5.32 Å². The van der Waals surface area contributed by atoms with Crippen molar-refractivity contribution in [3.05, 3.63) is 48.7 Å². The number of fused-ring (bicyclic) bond motifs is 1. The minimum atomic E-state index is -0.129. The van der Waals surface area contributed by atoms with E-state index < -0.39 is 0 Å². The number of rotatable bonds is 5. The molecule has 0 radical (unpaired) electrons. The molecule has 8 heteroatoms. The fourth-order valence-electron chi connectivity index (χ4n) is 2.33. The SMILES string of the molecule is O=C(CCc1nc(-c2ccco2)no1)Nc1ccc2[nH]ncc2c1. The van der Waals surface area contributed by atoms with E-state index in [-0.39, 0.29) is 12.3 Å². The van der Waals surface area contributed by atoms with Crippen LogP contribution in [0.1, 0.15) is 12.3 Å². The van der Waals surface area contributed by atoms with E-state index in [0.29, 0.717) is 23.9 Å². The average molecular weight is 323 g/mol. The number of H-pyrrole nitrogens is 1. The summed E-state index contributed by atoms with van der Waals surface area (Å²) in [6.45, 7) is 0. The summed E-state index contributed by atoms with van der Waals surface area (Å²) in [5.74, 6) is 1.17. The predicted molar refractivity (Wildman–Crippen MR) is 85.0 cm³/mol. The van der Waals surface area contributed by atoms with Gasteiger partial charge in [0.05, 0.1) is 18.0 Å². The normalized spacial score (nSPS) is 11.0. The van der Waals surface area contributed by atoms with Crippen molar-refractivity contribution in [2.45, 2.75) is 12.8 Å². The quantitative estimate of drug-likeness (QED) is 0.584. The third kappa shape index (κ3) is 2.89. The van der Waals surface area contributed by atoms with Crippen LogP contribution in [0.2, 0.25) is 0 Å². The lowest BCUT2D eigenvalue weighted by Gasteiger charge is -2.04. The van der Waals surface area contributed by atoms with Crippen molar-refractivity contribution in [2.24, 2.45) is 0 Å². The smallest absolute Gasteiger partial charge is 0.238 e. The molecule has 0 aliphatic rings. The van der Waals surface area contributed by atoms with Crippen molar-refractivity contribution in [3.8, 4) is 11.6 Å². The summed E-state index contributed by atoms with van der Waals surface area (Å²) >= 11 is 0. The zero-order valence-corrected chi connectivity index (χ0v) is 12.5. The highest BCUT2D eigenvalue weighted by Gasteiger charge is 2.12. The van der Waals surface area contributed by atoms with Crippen molar-refractivity contribution in [1.29, 1.82) is 0 Å². The first kappa shape index (κ1) is 14.2. The number of furan rings is 1. The molecule has 0 aliphatic heterocycles. The molecule has 0 spiro atoms. The molecule has 0 saturated carbocycles. The number of carbonyl (C=O) groups excluding carboxylic acids is 1. The largest absolute Gasteiger partial charge is 0.461 e. The van der Waals surface area contributed by atoms with Gasteiger partial charge in [-0.15, -0.1) is 0 Å². The number of anilines is 1. The van der Waals surface area contributed by atoms with E-state index in [4.69, 9.17) is 8.94 Å². The van der Waals surface area contributed by atoms with Crippen LogP contribution in [0.3, 0.4) is 0 Å². The molecule has 0 aliphatic carbocycles. The maximum atomic E-state index is 12.1. The zero-order chi connectivity index (χ0) is 16.4. The monoisotopic (exact) mass is 323 g/mol. The van der Waals surface area contributed by atoms with E-state index in [1.807, 2.05) is 18.2 Å². The van der Waals surface area contributed by atoms with Crippen molar-refractivity contribution >= 4 is 22.5 Å². The molecule has 120 valence electrons. The fourth-order valence-corrected chi connectivity index (χ4v) is 2.33. The summed E-state index contributed by atoms with van der Waals surface area (Å²) in [5, 5.41) is 14.4. The van der Waals surface area contributed by atoms with E-state index in [0.717, 1.165) is 16.6 Å². The lowest BCUT2D eigenvalue weighted by Crippen LogP contribution is -2.12. The Balaban J connectivity index is 1.36. The molecule has 0 atom stereocenters. The van der Waals surface area contributed by atoms with Gasteiger partial charge in [0.2, 0.25) is 17.6 Å². The summed E-state index contributed by atoms with van der Waals surface area (Å²) in [6, 6.07) is 9.03. The molecule has 0 bridgehead atoms. The van der Waals surface area contributed by atoms with Crippen LogP contribution in [-0.4, -0.2) is 26.2 Å². The highest BCUT2D eigenvalue weighted by molar-refractivity contribution is 5.93. The summed E-state index contributed by atoms with van der Waals surface area (Å²) in [7, 11) is 0. The Kier molecular flexibility index (Phi) is 3.54. The number of benzene rings is 1. The first-order valence-corrected chi connectivity index (χ1v) is 7.37. The first-order chi connectivity index (χ1) is 11.8. The van der Waals surface area contributed by atoms with Crippen LogP contribution in [0.15, 0.2) is 51.7 Å². The Bertz CT molecular complexity index is 971. The maximum Gasteiger partial charge on any atom is 0.238 e. The van der Waals surface area contributed by atoms with Gasteiger partial charge >= 0.3 is 0 Å². The van der Waals surface area contributed by atoms with Crippen molar-refractivity contribution in [1.82, 2.24) is 20.3 Å². The summed E-state index contributed by atoms with van der Waals surface area (Å²) in [5.41, 5.74) is 1.64. The fraction of sp³-hybridized carbons (Fsp3) is 0.125. The Morgan fingerprint density at radius 1 is 1.29 bits per heavy atom. The third-order valence-corrected chi connectivity index (χ3v) is 3.50. The molecule has 8 nitrogen and oxygen atoms in total. The number of nitrogens with zero attached hydrogens (tertiary/aromatic N) is 3. The van der Waals surface area contributed by atoms with Crippen molar-refractivity contribution < 1.29 is 13.7 Å². The molecule has 0 unspecified atom stereocenters. The van der Waals surface area contributed by atoms with Gasteiger partial charge < -0.3 is 14.3 Å². The van der Waals surface area contributed by atoms with Crippen LogP contribution in [-0.2, 0) is 11.2 Å². The number of aromatic nitrogens is 4. The number of carbonyl (C=O) groups is 1. The van der Waals surface area contributed by atoms with Crippen LogP contribution in [0.5, 0.6) is 0 Å². The highest BCUT2D eigenvalue weighted by atomic mass is 16.5. The van der Waals surface area contributed by atoms with Gasteiger partial charge in [-0.3, -0.25) is 9.89 Å². The zero-order valence-electron chi connectivity index (χ0n) is 12.5. The molecule has 1 amide bonds. The first-order valence-electron chi connectivity index (χ1n) is 7.37. The van der Waals surface area contributed by atoms with Crippen LogP contribution in [0.25, 0.3) is 22.5 Å². The van der Waals surface area contributed by atoms with Gasteiger partial charge in [0, 0.05) is 23.9 Å². The Morgan fingerprint density at radius 2 is 2.25 bits per heavy atom. The maximum absolute atomic E-state index is 12.1. The van der Waals surface area contributed by atoms with Gasteiger partial charge in [0.1, 0.15) is 0 Å². The van der Waals surface area contributed by atoms with Gasteiger partial charge in [-0.25, -0.2) is 0 Å². The predicted octanol–water partition coefficient (Wildman–Crippen LogP) is 2.78. The molecule has 3 heterocycles. The number of nitrogens with one attached hydrogen (secondary N) is 2. The van der Waals surface area contributed by atoms with E-state index >= 15 is 0 Å². The number of aryl methyl sites for hydroxylation is 1. The minimum Gasteiger partial charge on any atom is -0.461 e. The third-order valence-electron chi connectivity index (χ3n) is 3.50. The van der Waals surface area contributed by atoms with Gasteiger partial charge in [-0.1, -0.05) is 5.16 Å². The highest BCUT2D eigenvalue weighted by Crippen LogP contribution is 2.18. The molecule has 24 heavy (non-hydrogen) atoms. The Morgan fingerprint density at radius 3 is 3.12 bits per heavy atom. The van der Waals surface area contributed by atoms with Gasteiger partial charge in [-0.2, -0.15) is 10.1 Å². The van der Waals surface area contributed by atoms with E-state index in [1.165, 1.54) is 6.26 Å². The molecule has 4 rings (SSSR count). The summed E-state index contributed by atoms with van der Waals surface area (Å²) in [4.78, 5) is 16.3. The van der Waals surface area contributed by atoms with E-state index in [2.05, 4.69) is 25.7 Å².